The highest BCUT2D eigenvalue weighted by atomic mass is 35.5. The topological polar surface area (TPSA) is 70.6 Å². The van der Waals surface area contributed by atoms with Gasteiger partial charge < -0.3 is 20.5 Å². The van der Waals surface area contributed by atoms with E-state index in [0.717, 1.165) is 11.1 Å². The van der Waals surface area contributed by atoms with E-state index in [0.29, 0.717) is 23.6 Å². The number of aromatic hydroxyl groups is 1. The molecule has 2 aromatic carbocycles. The van der Waals surface area contributed by atoms with Gasteiger partial charge in [-0.25, -0.2) is 4.79 Å². The summed E-state index contributed by atoms with van der Waals surface area (Å²) in [5, 5.41) is 16.3. The molecule has 2 amide bonds. The fourth-order valence-corrected chi connectivity index (χ4v) is 4.30. The molecule has 5 nitrogen and oxygen atoms in total. The largest absolute Gasteiger partial charge is 0.506 e. The van der Waals surface area contributed by atoms with Crippen LogP contribution in [0.1, 0.15) is 43.7 Å². The molecule has 0 aliphatic carbocycles. The first-order chi connectivity index (χ1) is 12.3. The second-order valence-corrected chi connectivity index (χ2v) is 8.15. The molecule has 0 radical (unpaired) electrons. The van der Waals surface area contributed by atoms with Crippen molar-refractivity contribution >= 4 is 17.6 Å². The fourth-order valence-electron chi connectivity index (χ4n) is 4.13. The van der Waals surface area contributed by atoms with Crippen LogP contribution in [0.5, 0.6) is 11.5 Å². The molecule has 1 fully saturated rings. The second kappa shape index (κ2) is 5.81. The zero-order valence-corrected chi connectivity index (χ0v) is 15.4. The molecule has 6 heteroatoms. The van der Waals surface area contributed by atoms with Gasteiger partial charge in [-0.3, -0.25) is 0 Å². The number of carbonyl (C=O) groups excluding carboxylic acids is 1. The first-order valence-electron chi connectivity index (χ1n) is 8.64. The van der Waals surface area contributed by atoms with Crippen LogP contribution >= 0.6 is 11.6 Å². The molecular formula is C20H21ClN2O3. The van der Waals surface area contributed by atoms with Crippen molar-refractivity contribution in [2.75, 3.05) is 0 Å². The second-order valence-electron chi connectivity index (χ2n) is 7.74. The number of halogens is 1. The summed E-state index contributed by atoms with van der Waals surface area (Å²) >= 11 is 6.16. The van der Waals surface area contributed by atoms with Crippen LogP contribution in [0.25, 0.3) is 0 Å². The van der Waals surface area contributed by atoms with Crippen LogP contribution in [0, 0.1) is 0 Å². The van der Waals surface area contributed by atoms with Gasteiger partial charge >= 0.3 is 6.03 Å². The Kier molecular flexibility index (Phi) is 3.81. The van der Waals surface area contributed by atoms with Crippen LogP contribution in [0.2, 0.25) is 5.02 Å². The van der Waals surface area contributed by atoms with Crippen LogP contribution in [0.3, 0.4) is 0 Å². The number of carbonyl (C=O) groups is 1. The van der Waals surface area contributed by atoms with E-state index in [1.807, 2.05) is 32.0 Å². The van der Waals surface area contributed by atoms with Crippen LogP contribution in [-0.4, -0.2) is 22.4 Å². The lowest BCUT2D eigenvalue weighted by atomic mass is 9.77. The predicted molar refractivity (Wildman–Crippen MR) is 99.7 cm³/mol. The zero-order chi connectivity index (χ0) is 18.5. The van der Waals surface area contributed by atoms with E-state index in [1.54, 1.807) is 6.07 Å². The van der Waals surface area contributed by atoms with Gasteiger partial charge in [-0.1, -0.05) is 41.9 Å². The molecular weight excluding hydrogens is 352 g/mol. The molecule has 3 N–H and O–H groups in total. The third-order valence-corrected chi connectivity index (χ3v) is 5.32. The molecule has 1 spiro atoms. The van der Waals surface area contributed by atoms with Crippen molar-refractivity contribution in [3.8, 4) is 11.5 Å². The molecule has 0 bridgehead atoms. The van der Waals surface area contributed by atoms with Crippen molar-refractivity contribution in [3.05, 3.63) is 58.6 Å². The number of hydrogen-bond donors (Lipinski definition) is 3. The average molecular weight is 373 g/mol. The standard InChI is InChI=1S/C20H21ClN2O3/c1-19(2)11-20(23-18(25)22-19)10-14(12-6-4-3-5-7-12)13-8-15(21)16(24)9-17(13)26-20/h3-9,14,24H,10-11H2,1-2H3,(H2,22,23,25). The molecule has 2 heterocycles. The number of urea groups is 1. The molecule has 1 saturated heterocycles. The molecule has 2 unspecified atom stereocenters. The molecule has 2 aliphatic rings. The molecule has 2 atom stereocenters. The molecule has 2 aliphatic heterocycles. The maximum absolute atomic E-state index is 12.3. The van der Waals surface area contributed by atoms with E-state index >= 15 is 0 Å². The fraction of sp³-hybridized carbons (Fsp3) is 0.350. The van der Waals surface area contributed by atoms with Gasteiger partial charge in [0.15, 0.2) is 5.72 Å². The SMILES string of the molecule is CC1(C)CC2(CC(c3ccccc3)c3cc(Cl)c(O)cc3O2)NC(=O)N1. The van der Waals surface area contributed by atoms with Gasteiger partial charge in [0.2, 0.25) is 0 Å². The number of phenolic OH excluding ortho intramolecular Hbond substituents is 1. The molecule has 4 rings (SSSR count). The van der Waals surface area contributed by atoms with Crippen LogP contribution in [-0.2, 0) is 0 Å². The highest BCUT2D eigenvalue weighted by molar-refractivity contribution is 6.32. The maximum atomic E-state index is 12.3. The van der Waals surface area contributed by atoms with Gasteiger partial charge in [0.05, 0.1) is 5.02 Å². The van der Waals surface area contributed by atoms with Crippen molar-refractivity contribution in [1.82, 2.24) is 10.6 Å². The van der Waals surface area contributed by atoms with Gasteiger partial charge in [-0.05, 0) is 25.5 Å². The minimum atomic E-state index is -0.848. The smallest absolute Gasteiger partial charge is 0.318 e. The van der Waals surface area contributed by atoms with Crippen molar-refractivity contribution in [3.63, 3.8) is 0 Å². The van der Waals surface area contributed by atoms with Crippen LogP contribution in [0.15, 0.2) is 42.5 Å². The Morgan fingerprint density at radius 3 is 2.62 bits per heavy atom. The molecule has 136 valence electrons. The number of fused-ring (bicyclic) bond motifs is 1. The highest BCUT2D eigenvalue weighted by Crippen LogP contribution is 2.49. The molecule has 0 aromatic heterocycles. The quantitative estimate of drug-likeness (QED) is 0.704. The van der Waals surface area contributed by atoms with E-state index < -0.39 is 11.3 Å². The lowest BCUT2D eigenvalue weighted by Gasteiger charge is -2.49. The summed E-state index contributed by atoms with van der Waals surface area (Å²) in [5.74, 6) is 0.506. The van der Waals surface area contributed by atoms with Crippen LogP contribution < -0.4 is 15.4 Å². The van der Waals surface area contributed by atoms with E-state index in [4.69, 9.17) is 16.3 Å². The summed E-state index contributed by atoms with van der Waals surface area (Å²) in [7, 11) is 0. The zero-order valence-electron chi connectivity index (χ0n) is 14.7. The minimum absolute atomic E-state index is 0.00718. The van der Waals surface area contributed by atoms with E-state index in [1.165, 1.54) is 6.07 Å². The van der Waals surface area contributed by atoms with Gasteiger partial charge in [-0.15, -0.1) is 0 Å². The summed E-state index contributed by atoms with van der Waals surface area (Å²) in [6.07, 6.45) is 1.18. The van der Waals surface area contributed by atoms with Crippen molar-refractivity contribution < 1.29 is 14.6 Å². The highest BCUT2D eigenvalue weighted by Gasteiger charge is 2.49. The number of phenols is 1. The monoisotopic (exact) mass is 372 g/mol. The Morgan fingerprint density at radius 1 is 1.19 bits per heavy atom. The Labute approximate surface area is 157 Å². The molecule has 26 heavy (non-hydrogen) atoms. The van der Waals surface area contributed by atoms with E-state index in [-0.39, 0.29) is 17.7 Å². The van der Waals surface area contributed by atoms with E-state index in [2.05, 4.69) is 22.8 Å². The van der Waals surface area contributed by atoms with Gasteiger partial charge in [0.1, 0.15) is 11.5 Å². The number of hydrogen-bond acceptors (Lipinski definition) is 3. The summed E-state index contributed by atoms with van der Waals surface area (Å²) < 4.78 is 6.26. The Morgan fingerprint density at radius 2 is 1.92 bits per heavy atom. The maximum Gasteiger partial charge on any atom is 0.318 e. The van der Waals surface area contributed by atoms with Crippen molar-refractivity contribution in [2.24, 2.45) is 0 Å². The number of rotatable bonds is 1. The predicted octanol–water partition coefficient (Wildman–Crippen LogP) is 4.14. The summed E-state index contributed by atoms with van der Waals surface area (Å²) in [6, 6.07) is 13.1. The number of amides is 2. The van der Waals surface area contributed by atoms with Crippen molar-refractivity contribution in [2.45, 2.75) is 43.9 Å². The number of ether oxygens (including phenoxy) is 1. The first kappa shape index (κ1) is 17.0. The Bertz CT molecular complexity index is 869. The summed E-state index contributed by atoms with van der Waals surface area (Å²) in [4.78, 5) is 12.3. The lowest BCUT2D eigenvalue weighted by molar-refractivity contribution is -0.0236. The van der Waals surface area contributed by atoms with Gasteiger partial charge in [0, 0.05) is 35.9 Å². The van der Waals surface area contributed by atoms with Crippen molar-refractivity contribution in [1.29, 1.82) is 0 Å². The third-order valence-electron chi connectivity index (χ3n) is 5.02. The Hall–Kier alpha value is -2.40. The lowest BCUT2D eigenvalue weighted by Crippen LogP contribution is -2.69. The summed E-state index contributed by atoms with van der Waals surface area (Å²) in [5.41, 5.74) is 0.772. The molecule has 0 saturated carbocycles. The average Bonchev–Trinajstić information content (AvgIpc) is 2.54. The normalized spacial score (nSPS) is 26.4. The third kappa shape index (κ3) is 2.97. The number of benzene rings is 2. The number of nitrogens with one attached hydrogen (secondary N) is 2. The van der Waals surface area contributed by atoms with Gasteiger partial charge in [0.25, 0.3) is 0 Å². The minimum Gasteiger partial charge on any atom is -0.506 e. The van der Waals surface area contributed by atoms with E-state index in [9.17, 15) is 9.90 Å². The first-order valence-corrected chi connectivity index (χ1v) is 9.01. The summed E-state index contributed by atoms with van der Waals surface area (Å²) in [6.45, 7) is 3.95. The van der Waals surface area contributed by atoms with Crippen LogP contribution in [0.4, 0.5) is 4.79 Å². The Balaban J connectivity index is 1.84. The molecule has 2 aromatic rings. The van der Waals surface area contributed by atoms with Gasteiger partial charge in [-0.2, -0.15) is 0 Å².